The average Bonchev–Trinajstić information content (AvgIpc) is 3.84. The number of aromatic nitrogens is 9. The summed E-state index contributed by atoms with van der Waals surface area (Å²) in [7, 11) is 0. The van der Waals surface area contributed by atoms with Gasteiger partial charge in [0.05, 0.1) is 29.0 Å². The highest BCUT2D eigenvalue weighted by Gasteiger charge is 2.33. The van der Waals surface area contributed by atoms with Crippen LogP contribution in [0.3, 0.4) is 0 Å². The van der Waals surface area contributed by atoms with Crippen LogP contribution in [0.2, 0.25) is 0 Å². The molecule has 1 aliphatic carbocycles. The fraction of sp³-hybridized carbons (Fsp3) is 0.132. The van der Waals surface area contributed by atoms with E-state index in [0.29, 0.717) is 28.7 Å². The summed E-state index contributed by atoms with van der Waals surface area (Å²) in [4.78, 5) is 29.6. The van der Waals surface area contributed by atoms with Gasteiger partial charge in [0.25, 0.3) is 0 Å². The second-order valence-corrected chi connectivity index (χ2v) is 12.9. The lowest BCUT2D eigenvalue weighted by Crippen LogP contribution is -2.12. The number of alkyl halides is 6. The molecular weight excluding hydrogens is 776 g/mol. The summed E-state index contributed by atoms with van der Waals surface area (Å²) in [6.45, 7) is 0. The van der Waals surface area contributed by atoms with Gasteiger partial charge < -0.3 is 16.4 Å². The second kappa shape index (κ2) is 14.7. The Morgan fingerprint density at radius 2 is 1.38 bits per heavy atom. The highest BCUT2D eigenvalue weighted by Crippen LogP contribution is 2.42. The lowest BCUT2D eigenvalue weighted by Gasteiger charge is -2.13. The van der Waals surface area contributed by atoms with E-state index < -0.39 is 40.9 Å². The van der Waals surface area contributed by atoms with Crippen LogP contribution in [0, 0.1) is 11.6 Å². The number of anilines is 5. The first-order chi connectivity index (χ1) is 27.7. The molecule has 1 aliphatic rings. The van der Waals surface area contributed by atoms with Crippen molar-refractivity contribution < 1.29 is 35.1 Å². The second-order valence-electron chi connectivity index (χ2n) is 12.9. The molecule has 0 amide bonds. The van der Waals surface area contributed by atoms with Gasteiger partial charge in [-0.25, -0.2) is 29.3 Å². The predicted octanol–water partition coefficient (Wildman–Crippen LogP) is 9.26. The molecule has 0 spiro atoms. The smallest absolute Gasteiger partial charge is 0.381 e. The summed E-state index contributed by atoms with van der Waals surface area (Å²) in [6.07, 6.45) is -0.988. The Balaban J connectivity index is 0.000000165. The Morgan fingerprint density at radius 1 is 0.707 bits per heavy atom. The molecule has 1 saturated carbocycles. The number of nitrogens with one attached hydrogen (secondary N) is 2. The Kier molecular flexibility index (Phi) is 9.53. The molecule has 8 aromatic rings. The van der Waals surface area contributed by atoms with Crippen molar-refractivity contribution in [2.24, 2.45) is 0 Å². The molecule has 6 heterocycles. The molecule has 9 rings (SSSR count). The Bertz CT molecular complexity index is 2760. The lowest BCUT2D eigenvalue weighted by atomic mass is 10.2. The third-order valence-electron chi connectivity index (χ3n) is 8.77. The number of rotatable bonds is 7. The summed E-state index contributed by atoms with van der Waals surface area (Å²) >= 11 is 0. The third-order valence-corrected chi connectivity index (χ3v) is 8.77. The molecule has 0 bridgehead atoms. The molecule has 20 heteroatoms. The first-order valence-corrected chi connectivity index (χ1v) is 17.2. The van der Waals surface area contributed by atoms with Crippen molar-refractivity contribution in [2.45, 2.75) is 31.1 Å². The van der Waals surface area contributed by atoms with E-state index in [2.05, 4.69) is 45.5 Å². The zero-order valence-electron chi connectivity index (χ0n) is 29.4. The topological polar surface area (TPSA) is 150 Å². The highest BCUT2D eigenvalue weighted by molar-refractivity contribution is 5.74. The minimum atomic E-state index is -4.50. The molecule has 0 atom stereocenters. The quantitative estimate of drug-likeness (QED) is 0.133. The molecule has 2 aromatic carbocycles. The van der Waals surface area contributed by atoms with Crippen molar-refractivity contribution in [3.63, 3.8) is 0 Å². The standard InChI is InChI=1S/C20H14F5N7.C18H12F3N5/c21-11-7-13-16(27-8-11)30-18(9-1-2-9)32(13)19-29-15(26)14(22)17(31-19)28-12-5-3-10(4-6-12)20(23,24)25;19-18(20,21)12-4-6-13(7-5-12)24-15-8-9-22-17(25-15)14-11-23-16-3-1-2-10-26(14)16/h3-9H,1-2H2,(H3,26,28,29,31);1-11H,(H,22,24,25). The lowest BCUT2D eigenvalue weighted by molar-refractivity contribution is -0.138. The van der Waals surface area contributed by atoms with Crippen LogP contribution in [0.4, 0.5) is 64.0 Å². The van der Waals surface area contributed by atoms with E-state index in [-0.39, 0.29) is 29.0 Å². The molecule has 0 saturated heterocycles. The van der Waals surface area contributed by atoms with Crippen LogP contribution in [-0.2, 0) is 12.4 Å². The van der Waals surface area contributed by atoms with Gasteiger partial charge in [0.1, 0.15) is 28.8 Å². The van der Waals surface area contributed by atoms with Crippen LogP contribution in [0.5, 0.6) is 0 Å². The van der Waals surface area contributed by atoms with Gasteiger partial charge >= 0.3 is 12.4 Å². The molecule has 0 radical (unpaired) electrons. The molecule has 294 valence electrons. The normalized spacial score (nSPS) is 13.0. The summed E-state index contributed by atoms with van der Waals surface area (Å²) < 4.78 is 108. The van der Waals surface area contributed by atoms with Gasteiger partial charge in [0.15, 0.2) is 23.1 Å². The first-order valence-electron chi connectivity index (χ1n) is 17.2. The minimum Gasteiger partial charge on any atom is -0.381 e. The van der Waals surface area contributed by atoms with E-state index in [4.69, 9.17) is 5.73 Å². The van der Waals surface area contributed by atoms with Crippen molar-refractivity contribution in [2.75, 3.05) is 16.4 Å². The Labute approximate surface area is 321 Å². The van der Waals surface area contributed by atoms with E-state index >= 15 is 0 Å². The van der Waals surface area contributed by atoms with E-state index in [9.17, 15) is 35.1 Å². The number of hydrogen-bond acceptors (Lipinski definition) is 10. The van der Waals surface area contributed by atoms with Crippen LogP contribution < -0.4 is 16.4 Å². The fourth-order valence-electron chi connectivity index (χ4n) is 5.83. The first kappa shape index (κ1) is 37.7. The Hall–Kier alpha value is -7.25. The average molecular weight is 803 g/mol. The highest BCUT2D eigenvalue weighted by atomic mass is 19.4. The zero-order valence-corrected chi connectivity index (χ0v) is 29.4. The SMILES string of the molecule is FC(F)(F)c1ccc(Nc2ccnc(-c3cnc4ccccn34)n2)cc1.Nc1nc(-n2c(C3CC3)nc3ncc(F)cc32)nc(Nc2ccc(C(F)(F)F)cc2)c1F. The number of nitrogen functional groups attached to an aromatic ring is 1. The number of nitrogens with two attached hydrogens (primary N) is 1. The monoisotopic (exact) mass is 802 g/mol. The number of benzene rings is 2. The number of halogens is 8. The molecule has 0 unspecified atom stereocenters. The molecule has 58 heavy (non-hydrogen) atoms. The van der Waals surface area contributed by atoms with Crippen LogP contribution in [0.15, 0.2) is 104 Å². The van der Waals surface area contributed by atoms with Crippen molar-refractivity contribution in [1.82, 2.24) is 43.9 Å². The molecule has 6 aromatic heterocycles. The third kappa shape index (κ3) is 7.88. The molecule has 4 N–H and O–H groups in total. The molecule has 12 nitrogen and oxygen atoms in total. The summed E-state index contributed by atoms with van der Waals surface area (Å²) in [5.41, 5.74) is 6.91. The van der Waals surface area contributed by atoms with Crippen molar-refractivity contribution in [3.05, 3.63) is 132 Å². The maximum absolute atomic E-state index is 14.6. The number of nitrogens with zero attached hydrogens (tertiary/aromatic N) is 9. The predicted molar refractivity (Wildman–Crippen MR) is 196 cm³/mol. The minimum absolute atomic E-state index is 0.0601. The maximum atomic E-state index is 14.6. The van der Waals surface area contributed by atoms with Gasteiger partial charge in [-0.1, -0.05) is 6.07 Å². The number of hydrogen-bond donors (Lipinski definition) is 3. The van der Waals surface area contributed by atoms with Crippen molar-refractivity contribution >= 4 is 45.6 Å². The summed E-state index contributed by atoms with van der Waals surface area (Å²) in [5.74, 6) is -0.901. The Morgan fingerprint density at radius 3 is 2.03 bits per heavy atom. The van der Waals surface area contributed by atoms with E-state index in [1.807, 2.05) is 28.8 Å². The van der Waals surface area contributed by atoms with E-state index in [1.165, 1.54) is 22.8 Å². The maximum Gasteiger partial charge on any atom is 0.416 e. The fourth-order valence-corrected chi connectivity index (χ4v) is 5.83. The van der Waals surface area contributed by atoms with Crippen LogP contribution in [0.1, 0.15) is 35.7 Å². The molecule has 1 fully saturated rings. The summed E-state index contributed by atoms with van der Waals surface area (Å²) in [5, 5.41) is 5.61. The van der Waals surface area contributed by atoms with Gasteiger partial charge in [-0.3, -0.25) is 8.97 Å². The van der Waals surface area contributed by atoms with Gasteiger partial charge in [-0.05, 0) is 79.6 Å². The van der Waals surface area contributed by atoms with Gasteiger partial charge in [0.2, 0.25) is 11.8 Å². The molecular formula is C38H26F8N12. The van der Waals surface area contributed by atoms with Crippen molar-refractivity contribution in [1.29, 1.82) is 0 Å². The van der Waals surface area contributed by atoms with Crippen LogP contribution >= 0.6 is 0 Å². The van der Waals surface area contributed by atoms with Crippen molar-refractivity contribution in [3.8, 4) is 17.5 Å². The summed E-state index contributed by atoms with van der Waals surface area (Å²) in [6, 6.07) is 17.2. The number of pyridine rings is 2. The largest absolute Gasteiger partial charge is 0.416 e. The van der Waals surface area contributed by atoms with Gasteiger partial charge in [0, 0.05) is 35.8 Å². The van der Waals surface area contributed by atoms with Crippen LogP contribution in [-0.4, -0.2) is 43.9 Å². The van der Waals surface area contributed by atoms with Crippen LogP contribution in [0.25, 0.3) is 34.3 Å². The molecule has 0 aliphatic heterocycles. The zero-order chi connectivity index (χ0) is 40.8. The van der Waals surface area contributed by atoms with Gasteiger partial charge in [-0.15, -0.1) is 0 Å². The van der Waals surface area contributed by atoms with E-state index in [1.54, 1.807) is 18.5 Å². The van der Waals surface area contributed by atoms with E-state index in [0.717, 1.165) is 66.8 Å². The van der Waals surface area contributed by atoms with Gasteiger partial charge in [-0.2, -0.15) is 40.7 Å². The number of fused-ring (bicyclic) bond motifs is 2. The number of imidazole rings is 2.